The Morgan fingerprint density at radius 2 is 2.24 bits per heavy atom. The zero-order valence-corrected chi connectivity index (χ0v) is 10.6. The summed E-state index contributed by atoms with van der Waals surface area (Å²) in [6.45, 7) is 3.42. The van der Waals surface area contributed by atoms with Crippen molar-refractivity contribution in [2.75, 3.05) is 26.7 Å². The minimum atomic E-state index is -0.315. The van der Waals surface area contributed by atoms with E-state index in [0.29, 0.717) is 0 Å². The van der Waals surface area contributed by atoms with Gasteiger partial charge in [0.1, 0.15) is 0 Å². The van der Waals surface area contributed by atoms with Gasteiger partial charge in [-0.15, -0.1) is 0 Å². The van der Waals surface area contributed by atoms with Gasteiger partial charge in [-0.05, 0) is 44.3 Å². The maximum absolute atomic E-state index is 10.1. The van der Waals surface area contributed by atoms with E-state index in [2.05, 4.69) is 11.0 Å². The van der Waals surface area contributed by atoms with E-state index in [0.717, 1.165) is 25.0 Å². The molecule has 2 atom stereocenters. The Morgan fingerprint density at radius 3 is 2.82 bits per heavy atom. The maximum Gasteiger partial charge on any atom is 0.0799 e. The van der Waals surface area contributed by atoms with Crippen molar-refractivity contribution in [3.05, 3.63) is 23.8 Å². The van der Waals surface area contributed by atoms with Crippen LogP contribution in [0, 0.1) is 0 Å². The van der Waals surface area contributed by atoms with Gasteiger partial charge in [-0.25, -0.2) is 0 Å². The van der Waals surface area contributed by atoms with E-state index >= 15 is 0 Å². The summed E-state index contributed by atoms with van der Waals surface area (Å²) in [6, 6.07) is 0. The summed E-state index contributed by atoms with van der Waals surface area (Å²) in [6.07, 6.45) is 10.4. The van der Waals surface area contributed by atoms with E-state index in [1.165, 1.54) is 25.9 Å². The van der Waals surface area contributed by atoms with Crippen molar-refractivity contribution in [2.45, 2.75) is 37.9 Å². The molecular formula is C14H23NO2. The normalized spacial score (nSPS) is 27.2. The lowest BCUT2D eigenvalue weighted by Gasteiger charge is -2.21. The van der Waals surface area contributed by atoms with Crippen LogP contribution < -0.4 is 0 Å². The second-order valence-electron chi connectivity index (χ2n) is 4.93. The lowest BCUT2D eigenvalue weighted by Crippen LogP contribution is -2.25. The zero-order chi connectivity index (χ0) is 12.1. The van der Waals surface area contributed by atoms with Crippen molar-refractivity contribution in [1.82, 2.24) is 4.90 Å². The highest BCUT2D eigenvalue weighted by molar-refractivity contribution is 5.27. The molecule has 0 radical (unpaired) electrons. The zero-order valence-electron chi connectivity index (χ0n) is 10.6. The average molecular weight is 237 g/mol. The van der Waals surface area contributed by atoms with Crippen LogP contribution in [0.5, 0.6) is 0 Å². The van der Waals surface area contributed by atoms with Gasteiger partial charge in [0.25, 0.3) is 0 Å². The van der Waals surface area contributed by atoms with Crippen LogP contribution in [0.25, 0.3) is 0 Å². The molecule has 1 aliphatic carbocycles. The summed E-state index contributed by atoms with van der Waals surface area (Å²) < 4.78 is 5.24. The lowest BCUT2D eigenvalue weighted by atomic mass is 9.98. The molecule has 1 aliphatic heterocycles. The molecule has 2 aliphatic rings. The fraction of sp³-hybridized carbons (Fsp3) is 0.714. The number of aliphatic hydroxyl groups is 1. The third-order valence-electron chi connectivity index (χ3n) is 3.69. The Morgan fingerprint density at radius 1 is 1.47 bits per heavy atom. The summed E-state index contributed by atoms with van der Waals surface area (Å²) >= 11 is 0. The predicted octanol–water partition coefficient (Wildman–Crippen LogP) is 1.73. The van der Waals surface area contributed by atoms with Gasteiger partial charge in [-0.3, -0.25) is 0 Å². The van der Waals surface area contributed by atoms with Crippen molar-refractivity contribution in [1.29, 1.82) is 0 Å². The number of likely N-dealkylation sites (tertiary alicyclic amines) is 1. The van der Waals surface area contributed by atoms with E-state index < -0.39 is 0 Å². The summed E-state index contributed by atoms with van der Waals surface area (Å²) in [5, 5.41) is 10.1. The molecule has 0 spiro atoms. The van der Waals surface area contributed by atoms with Crippen LogP contribution >= 0.6 is 0 Å². The second kappa shape index (κ2) is 6.34. The Bertz CT molecular complexity index is 293. The molecule has 1 N–H and O–H groups in total. The Kier molecular flexibility index (Phi) is 4.77. The molecule has 0 bridgehead atoms. The van der Waals surface area contributed by atoms with Crippen LogP contribution in [0.3, 0.4) is 0 Å². The van der Waals surface area contributed by atoms with E-state index in [9.17, 15) is 5.11 Å². The van der Waals surface area contributed by atoms with Gasteiger partial charge in [0, 0.05) is 13.7 Å². The van der Waals surface area contributed by atoms with Gasteiger partial charge in [-0.2, -0.15) is 0 Å². The summed E-state index contributed by atoms with van der Waals surface area (Å²) in [5.41, 5.74) is 1.05. The number of hydrogen-bond acceptors (Lipinski definition) is 3. The standard InChI is InChI=1S/C14H23NO2/c1-17-13-6-4-12(5-7-13)14(16)8-11-15-9-2-3-10-15/h4-6,13-14,16H,2-3,7-11H2,1H3/t13?,14-/m0/s1. The van der Waals surface area contributed by atoms with Crippen LogP contribution in [-0.2, 0) is 4.74 Å². The van der Waals surface area contributed by atoms with Gasteiger partial charge in [0.05, 0.1) is 12.2 Å². The average Bonchev–Trinajstić information content (AvgIpc) is 2.89. The lowest BCUT2D eigenvalue weighted by molar-refractivity contribution is 0.139. The number of hydrogen-bond donors (Lipinski definition) is 1. The summed E-state index contributed by atoms with van der Waals surface area (Å²) in [5.74, 6) is 0. The van der Waals surface area contributed by atoms with Crippen LogP contribution in [-0.4, -0.2) is 49.0 Å². The molecule has 0 aromatic heterocycles. The quantitative estimate of drug-likeness (QED) is 0.790. The van der Waals surface area contributed by atoms with Gasteiger partial charge in [0.15, 0.2) is 0 Å². The van der Waals surface area contributed by atoms with E-state index in [-0.39, 0.29) is 12.2 Å². The van der Waals surface area contributed by atoms with Crippen molar-refractivity contribution in [2.24, 2.45) is 0 Å². The van der Waals surface area contributed by atoms with Gasteiger partial charge < -0.3 is 14.7 Å². The molecule has 0 saturated carbocycles. The Balaban J connectivity index is 1.74. The molecule has 0 aromatic carbocycles. The van der Waals surface area contributed by atoms with E-state index in [1.807, 2.05) is 12.2 Å². The molecule has 1 unspecified atom stereocenters. The number of aliphatic hydroxyl groups excluding tert-OH is 1. The van der Waals surface area contributed by atoms with E-state index in [1.54, 1.807) is 7.11 Å². The molecule has 1 fully saturated rings. The first-order valence-electron chi connectivity index (χ1n) is 6.61. The third kappa shape index (κ3) is 3.66. The van der Waals surface area contributed by atoms with Crippen molar-refractivity contribution >= 4 is 0 Å². The van der Waals surface area contributed by atoms with Gasteiger partial charge in [-0.1, -0.05) is 18.2 Å². The molecule has 96 valence electrons. The smallest absolute Gasteiger partial charge is 0.0799 e. The first kappa shape index (κ1) is 12.8. The van der Waals surface area contributed by atoms with Crippen LogP contribution in [0.4, 0.5) is 0 Å². The highest BCUT2D eigenvalue weighted by Crippen LogP contribution is 2.18. The highest BCUT2D eigenvalue weighted by Gasteiger charge is 2.16. The minimum absolute atomic E-state index is 0.185. The summed E-state index contributed by atoms with van der Waals surface area (Å²) in [4.78, 5) is 2.44. The first-order valence-corrected chi connectivity index (χ1v) is 6.61. The Labute approximate surface area is 104 Å². The molecule has 3 nitrogen and oxygen atoms in total. The maximum atomic E-state index is 10.1. The second-order valence-corrected chi connectivity index (χ2v) is 4.93. The summed E-state index contributed by atoms with van der Waals surface area (Å²) in [7, 11) is 1.72. The number of nitrogens with zero attached hydrogens (tertiary/aromatic N) is 1. The van der Waals surface area contributed by atoms with Gasteiger partial charge >= 0.3 is 0 Å². The molecule has 0 amide bonds. The molecule has 1 heterocycles. The van der Waals surface area contributed by atoms with Crippen molar-refractivity contribution < 1.29 is 9.84 Å². The molecule has 17 heavy (non-hydrogen) atoms. The largest absolute Gasteiger partial charge is 0.388 e. The van der Waals surface area contributed by atoms with Crippen molar-refractivity contribution in [3.63, 3.8) is 0 Å². The predicted molar refractivity (Wildman–Crippen MR) is 68.9 cm³/mol. The number of ether oxygens (including phenoxy) is 1. The van der Waals surface area contributed by atoms with E-state index in [4.69, 9.17) is 4.74 Å². The number of rotatable bonds is 5. The van der Waals surface area contributed by atoms with Crippen molar-refractivity contribution in [3.8, 4) is 0 Å². The highest BCUT2D eigenvalue weighted by atomic mass is 16.5. The topological polar surface area (TPSA) is 32.7 Å². The minimum Gasteiger partial charge on any atom is -0.388 e. The van der Waals surface area contributed by atoms with Gasteiger partial charge in [0.2, 0.25) is 0 Å². The fourth-order valence-corrected chi connectivity index (χ4v) is 2.52. The van der Waals surface area contributed by atoms with Crippen LogP contribution in [0.15, 0.2) is 23.8 Å². The SMILES string of the molecule is COC1C=CC([C@@H](O)CCN2CCCC2)=CC1. The molecule has 3 heteroatoms. The molecule has 0 aromatic rings. The molecule has 2 rings (SSSR count). The third-order valence-corrected chi connectivity index (χ3v) is 3.69. The fourth-order valence-electron chi connectivity index (χ4n) is 2.52. The monoisotopic (exact) mass is 237 g/mol. The van der Waals surface area contributed by atoms with Crippen LogP contribution in [0.2, 0.25) is 0 Å². The first-order chi connectivity index (χ1) is 8.29. The Hall–Kier alpha value is -0.640. The van der Waals surface area contributed by atoms with Crippen LogP contribution in [0.1, 0.15) is 25.7 Å². The number of methoxy groups -OCH3 is 1. The molecular weight excluding hydrogens is 214 g/mol. The molecule has 1 saturated heterocycles.